The van der Waals surface area contributed by atoms with Gasteiger partial charge in [-0.15, -0.1) is 0 Å². The van der Waals surface area contributed by atoms with Gasteiger partial charge in [-0.05, 0) is 62.8 Å². The molecule has 0 bridgehead atoms. The van der Waals surface area contributed by atoms with Crippen molar-refractivity contribution in [2.24, 2.45) is 0 Å². The highest BCUT2D eigenvalue weighted by atomic mass is 19.4. The van der Waals surface area contributed by atoms with Crippen LogP contribution in [0.5, 0.6) is 0 Å². The Balaban J connectivity index is 1.72. The van der Waals surface area contributed by atoms with Gasteiger partial charge in [0, 0.05) is 45.8 Å². The number of hydrazine groups is 5. The molecule has 4 fully saturated rings. The number of hydrogen-bond acceptors (Lipinski definition) is 7. The molecule has 1 unspecified atom stereocenters. The number of alkyl halides is 6. The minimum absolute atomic E-state index is 0.141. The van der Waals surface area contributed by atoms with Crippen molar-refractivity contribution in [3.05, 3.63) is 0 Å². The second-order valence-corrected chi connectivity index (χ2v) is 9.31. The average Bonchev–Trinajstić information content (AvgIpc) is 3.47. The van der Waals surface area contributed by atoms with Crippen molar-refractivity contribution < 1.29 is 26.3 Å². The van der Waals surface area contributed by atoms with E-state index in [0.717, 1.165) is 64.7 Å². The van der Waals surface area contributed by atoms with Crippen LogP contribution >= 0.6 is 0 Å². The van der Waals surface area contributed by atoms with E-state index in [4.69, 9.17) is 0 Å². The monoisotopic (exact) mass is 487 g/mol. The number of nitrogens with zero attached hydrogens (tertiary/aromatic N) is 7. The zero-order chi connectivity index (χ0) is 23.6. The van der Waals surface area contributed by atoms with Gasteiger partial charge in [-0.3, -0.25) is 0 Å². The van der Waals surface area contributed by atoms with Gasteiger partial charge in [-0.25, -0.2) is 15.0 Å². The highest BCUT2D eigenvalue weighted by Gasteiger charge is 2.61. The molecule has 0 amide bonds. The lowest BCUT2D eigenvalue weighted by atomic mass is 10.1. The molecule has 7 nitrogen and oxygen atoms in total. The lowest BCUT2D eigenvalue weighted by Gasteiger charge is -2.56. The third-order valence-electron chi connectivity index (χ3n) is 6.93. The molecular weight excluding hydrogens is 452 g/mol. The molecule has 4 aliphatic heterocycles. The van der Waals surface area contributed by atoms with E-state index in [-0.39, 0.29) is 19.6 Å². The molecule has 0 aliphatic carbocycles. The van der Waals surface area contributed by atoms with Gasteiger partial charge >= 0.3 is 12.6 Å². The van der Waals surface area contributed by atoms with E-state index in [1.807, 2.05) is 5.12 Å². The first kappa shape index (κ1) is 25.4. The van der Waals surface area contributed by atoms with Gasteiger partial charge in [-0.1, -0.05) is 11.6 Å². The standard InChI is InChI=1S/C20H35F6N7/c21-19(22,23)32(20(24,25)26)33(29-15-3-1-4-16-29)30-17-5-2-10-18(30)31(27-11-6-7-12-27)28-13-8-9-14-28/h18H,1-17H2. The fourth-order valence-electron chi connectivity index (χ4n) is 5.52. The van der Waals surface area contributed by atoms with Crippen molar-refractivity contribution in [3.8, 4) is 0 Å². The van der Waals surface area contributed by atoms with E-state index in [1.54, 1.807) is 0 Å². The van der Waals surface area contributed by atoms with Gasteiger partial charge < -0.3 is 0 Å². The van der Waals surface area contributed by atoms with Crippen molar-refractivity contribution in [3.63, 3.8) is 0 Å². The predicted octanol–water partition coefficient (Wildman–Crippen LogP) is 4.00. The van der Waals surface area contributed by atoms with Crippen LogP contribution in [0.1, 0.15) is 64.2 Å². The van der Waals surface area contributed by atoms with Crippen LogP contribution in [0.3, 0.4) is 0 Å². The van der Waals surface area contributed by atoms with Gasteiger partial charge in [0.25, 0.3) is 0 Å². The highest BCUT2D eigenvalue weighted by Crippen LogP contribution is 2.40. The number of hydrogen-bond donors (Lipinski definition) is 0. The molecule has 0 aromatic carbocycles. The summed E-state index contributed by atoms with van der Waals surface area (Å²) in [6, 6.07) is 0. The largest absolute Gasteiger partial charge is 0.483 e. The van der Waals surface area contributed by atoms with Crippen LogP contribution in [-0.4, -0.2) is 100.0 Å². The van der Waals surface area contributed by atoms with Gasteiger partial charge in [-0.2, -0.15) is 36.5 Å². The highest BCUT2D eigenvalue weighted by molar-refractivity contribution is 4.80. The second-order valence-electron chi connectivity index (χ2n) is 9.31. The minimum atomic E-state index is -5.59. The fourth-order valence-corrected chi connectivity index (χ4v) is 5.52. The Hall–Kier alpha value is -0.700. The maximum Gasteiger partial charge on any atom is 0.483 e. The molecule has 4 saturated heterocycles. The number of halogens is 6. The molecule has 0 aromatic heterocycles. The maximum absolute atomic E-state index is 14.0. The van der Waals surface area contributed by atoms with Crippen molar-refractivity contribution in [2.75, 3.05) is 45.8 Å². The second kappa shape index (κ2) is 10.5. The van der Waals surface area contributed by atoms with Crippen molar-refractivity contribution >= 4 is 0 Å². The van der Waals surface area contributed by atoms with E-state index < -0.39 is 23.8 Å². The molecule has 1 atom stereocenters. The van der Waals surface area contributed by atoms with Crippen LogP contribution in [0.15, 0.2) is 0 Å². The number of piperidine rings is 2. The molecule has 4 heterocycles. The zero-order valence-corrected chi connectivity index (χ0v) is 19.0. The first-order valence-corrected chi connectivity index (χ1v) is 12.2. The third kappa shape index (κ3) is 5.76. The van der Waals surface area contributed by atoms with E-state index in [1.165, 1.54) is 10.0 Å². The van der Waals surface area contributed by atoms with E-state index >= 15 is 0 Å². The molecule has 0 radical (unpaired) electrons. The Labute approximate surface area is 191 Å². The Morgan fingerprint density at radius 3 is 1.42 bits per heavy atom. The molecular formula is C20H35F6N7. The van der Waals surface area contributed by atoms with Gasteiger partial charge in [0.1, 0.15) is 6.17 Å². The summed E-state index contributed by atoms with van der Waals surface area (Å²) < 4.78 is 83.9. The van der Waals surface area contributed by atoms with Crippen LogP contribution in [0.4, 0.5) is 26.3 Å². The SMILES string of the molecule is FC(F)(F)N(N(N1CCCCC1)N1CCCCC1N(N1CCCC1)N1CCCC1)C(F)(F)F. The van der Waals surface area contributed by atoms with Crippen LogP contribution in [0, 0.1) is 0 Å². The summed E-state index contributed by atoms with van der Waals surface area (Å²) in [6.45, 7) is 3.56. The van der Waals surface area contributed by atoms with Crippen LogP contribution in [0.25, 0.3) is 0 Å². The topological polar surface area (TPSA) is 22.7 Å². The fraction of sp³-hybridized carbons (Fsp3) is 1.00. The predicted molar refractivity (Wildman–Crippen MR) is 109 cm³/mol. The summed E-state index contributed by atoms with van der Waals surface area (Å²) in [7, 11) is 0. The molecule has 13 heteroatoms. The summed E-state index contributed by atoms with van der Waals surface area (Å²) >= 11 is 0. The first-order valence-electron chi connectivity index (χ1n) is 12.2. The summed E-state index contributed by atoms with van der Waals surface area (Å²) in [5.74, 6) is 0. The van der Waals surface area contributed by atoms with Crippen LogP contribution < -0.4 is 0 Å². The smallest absolute Gasteiger partial charge is 0.226 e. The van der Waals surface area contributed by atoms with E-state index in [2.05, 4.69) is 10.0 Å². The molecule has 0 N–H and O–H groups in total. The molecule has 0 aromatic rings. The van der Waals surface area contributed by atoms with Gasteiger partial charge in [0.2, 0.25) is 0 Å². The molecule has 0 spiro atoms. The molecule has 192 valence electrons. The Bertz CT molecular complexity index is 585. The maximum atomic E-state index is 14.0. The lowest BCUT2D eigenvalue weighted by molar-refractivity contribution is -0.514. The average molecular weight is 488 g/mol. The molecule has 4 aliphatic rings. The molecule has 33 heavy (non-hydrogen) atoms. The third-order valence-corrected chi connectivity index (χ3v) is 6.93. The Morgan fingerprint density at radius 1 is 0.515 bits per heavy atom. The zero-order valence-electron chi connectivity index (χ0n) is 19.0. The number of rotatable bonds is 6. The van der Waals surface area contributed by atoms with Crippen LogP contribution in [-0.2, 0) is 0 Å². The summed E-state index contributed by atoms with van der Waals surface area (Å²) in [6.07, 6.45) is -4.09. The summed E-state index contributed by atoms with van der Waals surface area (Å²) in [4.78, 5) is 0. The Morgan fingerprint density at radius 2 is 0.939 bits per heavy atom. The quantitative estimate of drug-likeness (QED) is 0.317. The molecule has 4 rings (SSSR count). The first-order chi connectivity index (χ1) is 15.7. The summed E-state index contributed by atoms with van der Waals surface area (Å²) in [5, 5.41) is 7.97. The Kier molecular flexibility index (Phi) is 8.08. The van der Waals surface area contributed by atoms with Gasteiger partial charge in [0.05, 0.1) is 0 Å². The van der Waals surface area contributed by atoms with Gasteiger partial charge in [0.15, 0.2) is 0 Å². The lowest BCUT2D eigenvalue weighted by Crippen LogP contribution is -2.74. The minimum Gasteiger partial charge on any atom is -0.226 e. The summed E-state index contributed by atoms with van der Waals surface area (Å²) in [5.41, 5.74) is 0. The van der Waals surface area contributed by atoms with E-state index in [0.29, 0.717) is 30.9 Å². The van der Waals surface area contributed by atoms with Crippen molar-refractivity contribution in [2.45, 2.75) is 83.0 Å². The normalized spacial score (nSPS) is 28.1. The van der Waals surface area contributed by atoms with Crippen molar-refractivity contribution in [1.29, 1.82) is 0 Å². The van der Waals surface area contributed by atoms with Crippen molar-refractivity contribution in [1.82, 2.24) is 35.4 Å². The molecule has 0 saturated carbocycles. The van der Waals surface area contributed by atoms with E-state index in [9.17, 15) is 26.3 Å². The van der Waals surface area contributed by atoms with Crippen LogP contribution in [0.2, 0.25) is 0 Å².